The molecule has 1 aromatic rings. The highest BCUT2D eigenvalue weighted by atomic mass is 79.9. The summed E-state index contributed by atoms with van der Waals surface area (Å²) in [5, 5.41) is 2.99. The van der Waals surface area contributed by atoms with Crippen molar-refractivity contribution < 1.29 is 9.53 Å². The number of benzene rings is 1. The maximum Gasteiger partial charge on any atom is 0.407 e. The molecule has 1 aliphatic rings. The van der Waals surface area contributed by atoms with Crippen LogP contribution in [0.3, 0.4) is 0 Å². The largest absolute Gasteiger partial charge is 0.444 e. The van der Waals surface area contributed by atoms with Crippen LogP contribution in [0.5, 0.6) is 0 Å². The van der Waals surface area contributed by atoms with E-state index in [2.05, 4.69) is 39.4 Å². The SMILES string of the molecule is CC(C)(C)OC(=O)NC1CCC(c2ccccc2Br)CC1. The number of carbonyl (C=O) groups excluding carboxylic acids is 1. The van der Waals surface area contributed by atoms with Crippen LogP contribution in [0.25, 0.3) is 0 Å². The van der Waals surface area contributed by atoms with Gasteiger partial charge in [0.2, 0.25) is 0 Å². The van der Waals surface area contributed by atoms with E-state index in [1.807, 2.05) is 26.8 Å². The zero-order valence-corrected chi connectivity index (χ0v) is 14.6. The standard InChI is InChI=1S/C17H24BrNO2/c1-17(2,3)21-16(20)19-13-10-8-12(9-11-13)14-6-4-5-7-15(14)18/h4-7,12-13H,8-11H2,1-3H3,(H,19,20). The van der Waals surface area contributed by atoms with Crippen molar-refractivity contribution in [2.45, 2.75) is 64.0 Å². The molecule has 1 aromatic carbocycles. The van der Waals surface area contributed by atoms with Gasteiger partial charge < -0.3 is 10.1 Å². The van der Waals surface area contributed by atoms with E-state index in [4.69, 9.17) is 4.74 Å². The van der Waals surface area contributed by atoms with Crippen molar-refractivity contribution in [1.82, 2.24) is 5.32 Å². The van der Waals surface area contributed by atoms with Gasteiger partial charge in [-0.3, -0.25) is 0 Å². The number of halogens is 1. The molecule has 0 unspecified atom stereocenters. The van der Waals surface area contributed by atoms with Gasteiger partial charge in [-0.15, -0.1) is 0 Å². The molecule has 1 amide bonds. The minimum absolute atomic E-state index is 0.235. The molecule has 0 atom stereocenters. The van der Waals surface area contributed by atoms with Crippen molar-refractivity contribution in [1.29, 1.82) is 0 Å². The average Bonchev–Trinajstić information content (AvgIpc) is 2.38. The summed E-state index contributed by atoms with van der Waals surface area (Å²) in [6.45, 7) is 5.66. The average molecular weight is 354 g/mol. The fourth-order valence-electron chi connectivity index (χ4n) is 2.83. The van der Waals surface area contributed by atoms with Crippen LogP contribution in [0.1, 0.15) is 57.9 Å². The lowest BCUT2D eigenvalue weighted by Crippen LogP contribution is -2.40. The molecule has 2 rings (SSSR count). The van der Waals surface area contributed by atoms with Crippen LogP contribution < -0.4 is 5.32 Å². The van der Waals surface area contributed by atoms with E-state index in [1.165, 1.54) is 10.0 Å². The minimum atomic E-state index is -0.434. The van der Waals surface area contributed by atoms with Gasteiger partial charge in [-0.25, -0.2) is 4.79 Å². The molecular formula is C17H24BrNO2. The van der Waals surface area contributed by atoms with Crippen molar-refractivity contribution in [2.24, 2.45) is 0 Å². The van der Waals surface area contributed by atoms with E-state index < -0.39 is 5.60 Å². The molecule has 1 fully saturated rings. The molecule has 0 radical (unpaired) electrons. The highest BCUT2D eigenvalue weighted by Crippen LogP contribution is 2.36. The molecule has 1 N–H and O–H groups in total. The Labute approximate surface area is 135 Å². The first-order chi connectivity index (χ1) is 9.85. The second-order valence-electron chi connectivity index (χ2n) is 6.72. The monoisotopic (exact) mass is 353 g/mol. The third kappa shape index (κ3) is 5.03. The van der Waals surface area contributed by atoms with E-state index in [0.29, 0.717) is 5.92 Å². The van der Waals surface area contributed by atoms with Gasteiger partial charge in [0, 0.05) is 10.5 Å². The molecule has 0 aliphatic heterocycles. The number of rotatable bonds is 2. The van der Waals surface area contributed by atoms with Crippen molar-refractivity contribution in [3.8, 4) is 0 Å². The van der Waals surface area contributed by atoms with Gasteiger partial charge in [0.15, 0.2) is 0 Å². The first kappa shape index (κ1) is 16.3. The molecule has 0 spiro atoms. The molecule has 1 saturated carbocycles. The van der Waals surface area contributed by atoms with Gasteiger partial charge in [0.1, 0.15) is 5.60 Å². The fourth-order valence-corrected chi connectivity index (χ4v) is 3.44. The molecule has 1 aliphatic carbocycles. The van der Waals surface area contributed by atoms with Crippen LogP contribution in [-0.4, -0.2) is 17.7 Å². The van der Waals surface area contributed by atoms with E-state index in [9.17, 15) is 4.79 Å². The van der Waals surface area contributed by atoms with Gasteiger partial charge in [-0.1, -0.05) is 34.1 Å². The third-order valence-corrected chi connectivity index (χ3v) is 4.52. The van der Waals surface area contributed by atoms with Gasteiger partial charge in [0.05, 0.1) is 0 Å². The quantitative estimate of drug-likeness (QED) is 0.812. The Morgan fingerprint density at radius 1 is 1.19 bits per heavy atom. The Morgan fingerprint density at radius 2 is 1.81 bits per heavy atom. The topological polar surface area (TPSA) is 38.3 Å². The summed E-state index contributed by atoms with van der Waals surface area (Å²) < 4.78 is 6.50. The predicted molar refractivity (Wildman–Crippen MR) is 88.5 cm³/mol. The lowest BCUT2D eigenvalue weighted by Gasteiger charge is -2.30. The zero-order valence-electron chi connectivity index (χ0n) is 13.0. The maximum atomic E-state index is 11.8. The molecule has 116 valence electrons. The van der Waals surface area contributed by atoms with Crippen LogP contribution in [0.4, 0.5) is 4.79 Å². The van der Waals surface area contributed by atoms with Crippen LogP contribution in [0.15, 0.2) is 28.7 Å². The Bertz CT molecular complexity index is 488. The Morgan fingerprint density at radius 3 is 2.38 bits per heavy atom. The van der Waals surface area contributed by atoms with Gasteiger partial charge in [-0.05, 0) is 64.0 Å². The minimum Gasteiger partial charge on any atom is -0.444 e. The summed E-state index contributed by atoms with van der Waals surface area (Å²) in [6.07, 6.45) is 3.91. The Kier molecular flexibility index (Phi) is 5.31. The number of hydrogen-bond donors (Lipinski definition) is 1. The molecule has 3 nitrogen and oxygen atoms in total. The van der Waals surface area contributed by atoms with Crippen LogP contribution in [0, 0.1) is 0 Å². The Balaban J connectivity index is 1.84. The molecule has 21 heavy (non-hydrogen) atoms. The fraction of sp³-hybridized carbons (Fsp3) is 0.588. The summed E-state index contributed by atoms with van der Waals surface area (Å²) in [7, 11) is 0. The van der Waals surface area contributed by atoms with Crippen molar-refractivity contribution in [3.63, 3.8) is 0 Å². The molecule has 0 aromatic heterocycles. The molecule has 0 saturated heterocycles. The zero-order chi connectivity index (χ0) is 15.5. The summed E-state index contributed by atoms with van der Waals surface area (Å²) in [6, 6.07) is 8.66. The van der Waals surface area contributed by atoms with Gasteiger partial charge >= 0.3 is 6.09 Å². The number of amides is 1. The summed E-state index contributed by atoms with van der Waals surface area (Å²) in [5.41, 5.74) is 0.948. The normalized spacial score (nSPS) is 22.7. The van der Waals surface area contributed by atoms with Crippen molar-refractivity contribution >= 4 is 22.0 Å². The second-order valence-corrected chi connectivity index (χ2v) is 7.57. The highest BCUT2D eigenvalue weighted by Gasteiger charge is 2.26. The maximum absolute atomic E-state index is 11.8. The number of carbonyl (C=O) groups is 1. The van der Waals surface area contributed by atoms with Crippen molar-refractivity contribution in [3.05, 3.63) is 34.3 Å². The smallest absolute Gasteiger partial charge is 0.407 e. The van der Waals surface area contributed by atoms with Crippen LogP contribution >= 0.6 is 15.9 Å². The lowest BCUT2D eigenvalue weighted by molar-refractivity contribution is 0.0491. The molecular weight excluding hydrogens is 330 g/mol. The first-order valence-electron chi connectivity index (χ1n) is 7.59. The van der Waals surface area contributed by atoms with E-state index in [1.54, 1.807) is 0 Å². The van der Waals surface area contributed by atoms with Crippen LogP contribution in [0.2, 0.25) is 0 Å². The molecule has 0 bridgehead atoms. The predicted octanol–water partition coefficient (Wildman–Crippen LogP) is 5.00. The summed E-state index contributed by atoms with van der Waals surface area (Å²) in [4.78, 5) is 11.8. The first-order valence-corrected chi connectivity index (χ1v) is 8.38. The molecule has 0 heterocycles. The number of hydrogen-bond acceptors (Lipinski definition) is 2. The number of alkyl carbamates (subject to hydrolysis) is 1. The molecule has 4 heteroatoms. The second kappa shape index (κ2) is 6.82. The Hall–Kier alpha value is -1.03. The van der Waals surface area contributed by atoms with Crippen LogP contribution in [-0.2, 0) is 4.74 Å². The number of ether oxygens (including phenoxy) is 1. The van der Waals surface area contributed by atoms with E-state index >= 15 is 0 Å². The van der Waals surface area contributed by atoms with Crippen molar-refractivity contribution in [2.75, 3.05) is 0 Å². The summed E-state index contributed by atoms with van der Waals surface area (Å²) in [5.74, 6) is 0.581. The van der Waals surface area contributed by atoms with Gasteiger partial charge in [-0.2, -0.15) is 0 Å². The lowest BCUT2D eigenvalue weighted by atomic mass is 9.82. The van der Waals surface area contributed by atoms with Gasteiger partial charge in [0.25, 0.3) is 0 Å². The van der Waals surface area contributed by atoms with E-state index in [0.717, 1.165) is 25.7 Å². The summed E-state index contributed by atoms with van der Waals surface area (Å²) >= 11 is 3.63. The highest BCUT2D eigenvalue weighted by molar-refractivity contribution is 9.10. The number of nitrogens with one attached hydrogen (secondary N) is 1. The van der Waals surface area contributed by atoms with E-state index in [-0.39, 0.29) is 12.1 Å². The third-order valence-electron chi connectivity index (χ3n) is 3.79.